The van der Waals surface area contributed by atoms with Gasteiger partial charge in [-0.2, -0.15) is 0 Å². The fourth-order valence-corrected chi connectivity index (χ4v) is 0.797. The van der Waals surface area contributed by atoms with Crippen molar-refractivity contribution in [3.05, 3.63) is 18.5 Å². The number of pyridine rings is 1. The second-order valence-corrected chi connectivity index (χ2v) is 2.04. The summed E-state index contributed by atoms with van der Waals surface area (Å²) in [6.45, 7) is 0. The molecule has 0 unspecified atom stereocenters. The maximum atomic E-state index is 5.42. The van der Waals surface area contributed by atoms with Gasteiger partial charge in [-0.15, -0.1) is 10.2 Å². The Hall–Kier alpha value is -1.78. The molecule has 0 aromatic carbocycles. The highest BCUT2D eigenvalue weighted by molar-refractivity contribution is 5.70. The third-order valence-electron chi connectivity index (χ3n) is 1.27. The third kappa shape index (κ3) is 0.958. The van der Waals surface area contributed by atoms with E-state index in [2.05, 4.69) is 20.2 Å². The largest absolute Gasteiger partial charge is 0.384 e. The average molecular weight is 147 g/mol. The molecule has 2 heterocycles. The van der Waals surface area contributed by atoms with Gasteiger partial charge in [-0.1, -0.05) is 0 Å². The van der Waals surface area contributed by atoms with Gasteiger partial charge in [-0.3, -0.25) is 0 Å². The summed E-state index contributed by atoms with van der Waals surface area (Å²) >= 11 is 0. The normalized spacial score (nSPS) is 10.2. The lowest BCUT2D eigenvalue weighted by Crippen LogP contribution is -1.93. The number of fused-ring (bicyclic) bond motifs is 1. The van der Waals surface area contributed by atoms with E-state index < -0.39 is 0 Å². The van der Waals surface area contributed by atoms with Crippen molar-refractivity contribution in [3.63, 3.8) is 0 Å². The Morgan fingerprint density at radius 2 is 2.18 bits per heavy atom. The lowest BCUT2D eigenvalue weighted by Gasteiger charge is -1.93. The number of anilines is 1. The molecular weight excluding hydrogens is 142 g/mol. The van der Waals surface area contributed by atoms with E-state index in [1.807, 2.05) is 0 Å². The summed E-state index contributed by atoms with van der Waals surface area (Å²) in [6.07, 6.45) is 1.34. The Morgan fingerprint density at radius 1 is 1.27 bits per heavy atom. The molecule has 0 fully saturated rings. The van der Waals surface area contributed by atoms with Crippen LogP contribution in [0.3, 0.4) is 0 Å². The molecule has 0 aliphatic heterocycles. The van der Waals surface area contributed by atoms with E-state index >= 15 is 0 Å². The lowest BCUT2D eigenvalue weighted by atomic mass is 10.4. The van der Waals surface area contributed by atoms with E-state index in [9.17, 15) is 0 Å². The maximum absolute atomic E-state index is 5.42. The van der Waals surface area contributed by atoms with Gasteiger partial charge in [0, 0.05) is 0 Å². The first-order valence-corrected chi connectivity index (χ1v) is 3.06. The van der Waals surface area contributed by atoms with E-state index in [0.29, 0.717) is 17.0 Å². The van der Waals surface area contributed by atoms with Gasteiger partial charge in [0.2, 0.25) is 0 Å². The zero-order chi connectivity index (χ0) is 7.68. The summed E-state index contributed by atoms with van der Waals surface area (Å²) < 4.78 is 0. The van der Waals surface area contributed by atoms with Gasteiger partial charge in [-0.05, 0) is 12.1 Å². The van der Waals surface area contributed by atoms with Crippen LogP contribution in [-0.4, -0.2) is 20.2 Å². The molecule has 5 heteroatoms. The van der Waals surface area contributed by atoms with Gasteiger partial charge in [0.05, 0.1) is 0 Å². The van der Waals surface area contributed by atoms with Gasteiger partial charge in [0.1, 0.15) is 17.7 Å². The topological polar surface area (TPSA) is 77.6 Å². The van der Waals surface area contributed by atoms with Gasteiger partial charge < -0.3 is 5.73 Å². The van der Waals surface area contributed by atoms with Gasteiger partial charge in [-0.25, -0.2) is 9.97 Å². The quantitative estimate of drug-likeness (QED) is 0.567. The predicted octanol–water partition coefficient (Wildman–Crippen LogP) is 0.00200. The molecule has 0 bridgehead atoms. The minimum Gasteiger partial charge on any atom is -0.384 e. The zero-order valence-corrected chi connectivity index (χ0v) is 5.60. The Morgan fingerprint density at radius 3 is 3.09 bits per heavy atom. The lowest BCUT2D eigenvalue weighted by molar-refractivity contribution is 1.01. The highest BCUT2D eigenvalue weighted by Gasteiger charge is 1.95. The summed E-state index contributed by atoms with van der Waals surface area (Å²) in [4.78, 5) is 7.82. The fraction of sp³-hybridized carbons (Fsp3) is 0. The Balaban J connectivity index is 2.83. The second kappa shape index (κ2) is 2.12. The minimum atomic E-state index is 0.443. The number of hydrogen-bond acceptors (Lipinski definition) is 5. The van der Waals surface area contributed by atoms with E-state index in [1.165, 1.54) is 6.33 Å². The van der Waals surface area contributed by atoms with Crippen LogP contribution in [0, 0.1) is 0 Å². The number of hydrogen-bond donors (Lipinski definition) is 1. The standard InChI is InChI=1S/C6H5N5/c7-5-2-1-4-6(10-5)8-3-9-11-4/h1-3H,(H2,7,8,9,10). The molecule has 11 heavy (non-hydrogen) atoms. The number of nitrogens with two attached hydrogens (primary N) is 1. The van der Waals surface area contributed by atoms with Crippen molar-refractivity contribution < 1.29 is 0 Å². The minimum absolute atomic E-state index is 0.443. The summed E-state index contributed by atoms with van der Waals surface area (Å²) in [6, 6.07) is 3.40. The van der Waals surface area contributed by atoms with Crippen LogP contribution >= 0.6 is 0 Å². The first-order valence-electron chi connectivity index (χ1n) is 3.06. The van der Waals surface area contributed by atoms with Crippen LogP contribution in [0.5, 0.6) is 0 Å². The fourth-order valence-electron chi connectivity index (χ4n) is 0.797. The second-order valence-electron chi connectivity index (χ2n) is 2.04. The first-order chi connectivity index (χ1) is 5.36. The van der Waals surface area contributed by atoms with Crippen LogP contribution in [0.2, 0.25) is 0 Å². The summed E-state index contributed by atoms with van der Waals surface area (Å²) in [7, 11) is 0. The monoisotopic (exact) mass is 147 g/mol. The molecule has 0 aliphatic carbocycles. The Labute approximate surface area is 62.3 Å². The molecule has 0 aliphatic rings. The summed E-state index contributed by atoms with van der Waals surface area (Å²) in [5.41, 5.74) is 6.61. The SMILES string of the molecule is Nc1ccc2nncnc2n1. The highest BCUT2D eigenvalue weighted by Crippen LogP contribution is 2.05. The van der Waals surface area contributed by atoms with Crippen LogP contribution in [-0.2, 0) is 0 Å². The van der Waals surface area contributed by atoms with Crippen molar-refractivity contribution >= 4 is 17.0 Å². The molecule has 2 rings (SSSR count). The van der Waals surface area contributed by atoms with Crippen LogP contribution < -0.4 is 5.73 Å². The van der Waals surface area contributed by atoms with Gasteiger partial charge >= 0.3 is 0 Å². The van der Waals surface area contributed by atoms with Gasteiger partial charge in [0.25, 0.3) is 0 Å². The van der Waals surface area contributed by atoms with E-state index in [0.717, 1.165) is 0 Å². The maximum Gasteiger partial charge on any atom is 0.183 e. The molecule has 2 aromatic rings. The molecule has 2 N–H and O–H groups in total. The van der Waals surface area contributed by atoms with Crippen LogP contribution in [0.25, 0.3) is 11.2 Å². The Kier molecular flexibility index (Phi) is 1.15. The Bertz CT molecular complexity index is 385. The molecule has 54 valence electrons. The van der Waals surface area contributed by atoms with Crippen molar-refractivity contribution in [3.8, 4) is 0 Å². The van der Waals surface area contributed by atoms with Gasteiger partial charge in [0.15, 0.2) is 5.65 Å². The smallest absolute Gasteiger partial charge is 0.183 e. The molecule has 0 spiro atoms. The molecule has 0 saturated heterocycles. The van der Waals surface area contributed by atoms with Crippen molar-refractivity contribution in [2.45, 2.75) is 0 Å². The molecule has 0 atom stereocenters. The average Bonchev–Trinajstić information content (AvgIpc) is 2.04. The molecule has 2 aromatic heterocycles. The summed E-state index contributed by atoms with van der Waals surface area (Å²) in [5, 5.41) is 7.39. The number of nitrogen functional groups attached to an aromatic ring is 1. The first kappa shape index (κ1) is 5.96. The van der Waals surface area contributed by atoms with E-state index in [-0.39, 0.29) is 0 Å². The van der Waals surface area contributed by atoms with E-state index in [4.69, 9.17) is 5.73 Å². The molecule has 0 amide bonds. The predicted molar refractivity (Wildman–Crippen MR) is 39.5 cm³/mol. The van der Waals surface area contributed by atoms with Crippen molar-refractivity contribution in [1.29, 1.82) is 0 Å². The van der Waals surface area contributed by atoms with Crippen molar-refractivity contribution in [1.82, 2.24) is 20.2 Å². The molecule has 0 saturated carbocycles. The molecule has 5 nitrogen and oxygen atoms in total. The third-order valence-corrected chi connectivity index (χ3v) is 1.27. The number of rotatable bonds is 0. The molecule has 0 radical (unpaired) electrons. The van der Waals surface area contributed by atoms with Crippen molar-refractivity contribution in [2.24, 2.45) is 0 Å². The number of aromatic nitrogens is 4. The van der Waals surface area contributed by atoms with Crippen LogP contribution in [0.15, 0.2) is 18.5 Å². The van der Waals surface area contributed by atoms with E-state index in [1.54, 1.807) is 12.1 Å². The summed E-state index contributed by atoms with van der Waals surface area (Å²) in [5.74, 6) is 0.443. The zero-order valence-electron chi connectivity index (χ0n) is 5.60. The van der Waals surface area contributed by atoms with Crippen LogP contribution in [0.4, 0.5) is 5.82 Å². The highest BCUT2D eigenvalue weighted by atomic mass is 15.1. The number of nitrogens with zero attached hydrogens (tertiary/aromatic N) is 4. The van der Waals surface area contributed by atoms with Crippen molar-refractivity contribution in [2.75, 3.05) is 5.73 Å². The molecular formula is C6H5N5. The van der Waals surface area contributed by atoms with Crippen LogP contribution in [0.1, 0.15) is 0 Å².